The molecule has 7 heteroatoms. The van der Waals surface area contributed by atoms with E-state index in [4.69, 9.17) is 9.47 Å². The van der Waals surface area contributed by atoms with Crippen LogP contribution < -0.4 is 0 Å². The first-order chi connectivity index (χ1) is 11.7. The Hall–Kier alpha value is -1.99. The summed E-state index contributed by atoms with van der Waals surface area (Å²) >= 11 is 0. The van der Waals surface area contributed by atoms with E-state index in [0.29, 0.717) is 39.4 Å². The first-order valence-electron chi connectivity index (χ1n) is 8.10. The molecule has 1 aromatic rings. The van der Waals surface area contributed by atoms with Gasteiger partial charge in [0, 0.05) is 46.5 Å². The number of nitrogens with zero attached hydrogens (tertiary/aromatic N) is 3. The average Bonchev–Trinajstić information content (AvgIpc) is 2.96. The van der Waals surface area contributed by atoms with Gasteiger partial charge in [-0.1, -0.05) is 6.07 Å². The molecule has 1 atom stereocenters. The van der Waals surface area contributed by atoms with E-state index < -0.39 is 0 Å². The van der Waals surface area contributed by atoms with Gasteiger partial charge in [0.1, 0.15) is 0 Å². The lowest BCUT2D eigenvalue weighted by molar-refractivity contribution is -0.137. The van der Waals surface area contributed by atoms with Crippen molar-refractivity contribution in [1.29, 1.82) is 0 Å². The Morgan fingerprint density at radius 2 is 2.00 bits per heavy atom. The van der Waals surface area contributed by atoms with Crippen LogP contribution in [0.5, 0.6) is 0 Å². The van der Waals surface area contributed by atoms with Crippen LogP contribution in [0, 0.1) is 5.92 Å². The Morgan fingerprint density at radius 3 is 2.58 bits per heavy atom. The van der Waals surface area contributed by atoms with E-state index in [2.05, 4.69) is 4.98 Å². The predicted molar refractivity (Wildman–Crippen MR) is 88.1 cm³/mol. The maximum atomic E-state index is 12.7. The zero-order valence-electron chi connectivity index (χ0n) is 14.3. The summed E-state index contributed by atoms with van der Waals surface area (Å²) in [5, 5.41) is 0. The van der Waals surface area contributed by atoms with Gasteiger partial charge in [-0.05, 0) is 12.1 Å². The third-order valence-corrected chi connectivity index (χ3v) is 4.09. The zero-order valence-corrected chi connectivity index (χ0v) is 14.3. The van der Waals surface area contributed by atoms with E-state index in [9.17, 15) is 9.59 Å². The lowest BCUT2D eigenvalue weighted by Crippen LogP contribution is -2.41. The summed E-state index contributed by atoms with van der Waals surface area (Å²) in [5.74, 6) is -0.326. The number of methoxy groups -OCH3 is 2. The van der Waals surface area contributed by atoms with Gasteiger partial charge in [-0.3, -0.25) is 14.6 Å². The molecule has 132 valence electrons. The number of amides is 2. The fraction of sp³-hybridized carbons (Fsp3) is 0.588. The van der Waals surface area contributed by atoms with Crippen LogP contribution >= 0.6 is 0 Å². The summed E-state index contributed by atoms with van der Waals surface area (Å²) in [6, 6.07) is 5.61. The van der Waals surface area contributed by atoms with Gasteiger partial charge in [0.2, 0.25) is 11.8 Å². The first-order valence-corrected chi connectivity index (χ1v) is 8.10. The molecule has 0 saturated carbocycles. The van der Waals surface area contributed by atoms with Crippen molar-refractivity contribution in [2.24, 2.45) is 5.92 Å². The number of carbonyl (C=O) groups is 2. The molecule has 0 aromatic carbocycles. The molecule has 1 aromatic heterocycles. The number of ether oxygens (including phenoxy) is 2. The van der Waals surface area contributed by atoms with E-state index in [-0.39, 0.29) is 24.2 Å². The summed E-state index contributed by atoms with van der Waals surface area (Å²) in [7, 11) is 3.21. The van der Waals surface area contributed by atoms with Crippen molar-refractivity contribution >= 4 is 11.8 Å². The molecule has 1 saturated heterocycles. The van der Waals surface area contributed by atoms with E-state index >= 15 is 0 Å². The molecule has 0 spiro atoms. The number of hydrogen-bond acceptors (Lipinski definition) is 5. The number of rotatable bonds is 9. The summed E-state index contributed by atoms with van der Waals surface area (Å²) in [5.41, 5.74) is 0.828. The molecule has 1 unspecified atom stereocenters. The topological polar surface area (TPSA) is 72.0 Å². The van der Waals surface area contributed by atoms with Crippen molar-refractivity contribution < 1.29 is 19.1 Å². The molecular formula is C17H25N3O4. The Balaban J connectivity index is 1.95. The van der Waals surface area contributed by atoms with Crippen LogP contribution in [0.1, 0.15) is 12.1 Å². The highest BCUT2D eigenvalue weighted by atomic mass is 16.5. The Bertz CT molecular complexity index is 530. The fourth-order valence-electron chi connectivity index (χ4n) is 2.77. The van der Waals surface area contributed by atoms with E-state index in [0.717, 1.165) is 5.69 Å². The van der Waals surface area contributed by atoms with Gasteiger partial charge in [0.05, 0.1) is 31.4 Å². The van der Waals surface area contributed by atoms with Crippen LogP contribution in [0.2, 0.25) is 0 Å². The van der Waals surface area contributed by atoms with Gasteiger partial charge in [-0.2, -0.15) is 0 Å². The quantitative estimate of drug-likeness (QED) is 0.659. The van der Waals surface area contributed by atoms with Crippen molar-refractivity contribution in [3.05, 3.63) is 30.1 Å². The number of aromatic nitrogens is 1. The van der Waals surface area contributed by atoms with Crippen LogP contribution in [0.25, 0.3) is 0 Å². The minimum atomic E-state index is -0.310. The number of carbonyl (C=O) groups excluding carboxylic acids is 2. The highest BCUT2D eigenvalue weighted by Gasteiger charge is 2.36. The van der Waals surface area contributed by atoms with Gasteiger partial charge < -0.3 is 19.3 Å². The molecule has 7 nitrogen and oxygen atoms in total. The van der Waals surface area contributed by atoms with Crippen LogP contribution in [0.15, 0.2) is 24.4 Å². The first kappa shape index (κ1) is 18.4. The fourth-order valence-corrected chi connectivity index (χ4v) is 2.77. The van der Waals surface area contributed by atoms with E-state index in [1.807, 2.05) is 18.2 Å². The van der Waals surface area contributed by atoms with Crippen molar-refractivity contribution in [3.8, 4) is 0 Å². The van der Waals surface area contributed by atoms with Gasteiger partial charge in [-0.15, -0.1) is 0 Å². The lowest BCUT2D eigenvalue weighted by Gasteiger charge is -2.25. The molecule has 0 bridgehead atoms. The molecular weight excluding hydrogens is 310 g/mol. The second-order valence-electron chi connectivity index (χ2n) is 5.81. The lowest BCUT2D eigenvalue weighted by atomic mass is 10.1. The van der Waals surface area contributed by atoms with E-state index in [1.165, 1.54) is 0 Å². The second-order valence-corrected chi connectivity index (χ2v) is 5.81. The highest BCUT2D eigenvalue weighted by Crippen LogP contribution is 2.21. The Labute approximate surface area is 142 Å². The summed E-state index contributed by atoms with van der Waals surface area (Å²) in [4.78, 5) is 32.6. The number of hydrogen-bond donors (Lipinski definition) is 0. The summed E-state index contributed by atoms with van der Waals surface area (Å²) in [6.45, 7) is 2.82. The molecule has 1 aliphatic heterocycles. The molecule has 2 rings (SSSR count). The Morgan fingerprint density at radius 1 is 1.29 bits per heavy atom. The van der Waals surface area contributed by atoms with Crippen molar-refractivity contribution in [1.82, 2.24) is 14.8 Å². The van der Waals surface area contributed by atoms with Crippen molar-refractivity contribution in [2.75, 3.05) is 47.1 Å². The highest BCUT2D eigenvalue weighted by molar-refractivity contribution is 5.89. The zero-order chi connectivity index (χ0) is 17.4. The molecule has 2 heterocycles. The SMILES string of the molecule is COCCN(CCOC)C(=O)C1CC(=O)N(Cc2ccccn2)C1. The maximum Gasteiger partial charge on any atom is 0.228 e. The standard InChI is InChI=1S/C17H25N3O4/c1-23-9-7-19(8-10-24-2)17(22)14-11-16(21)20(12-14)13-15-5-3-4-6-18-15/h3-6,14H,7-13H2,1-2H3. The number of likely N-dealkylation sites (tertiary alicyclic amines) is 1. The van der Waals surface area contributed by atoms with Gasteiger partial charge in [-0.25, -0.2) is 0 Å². The summed E-state index contributed by atoms with van der Waals surface area (Å²) in [6.07, 6.45) is 1.96. The molecule has 1 fully saturated rings. The van der Waals surface area contributed by atoms with Gasteiger partial charge in [0.25, 0.3) is 0 Å². The largest absolute Gasteiger partial charge is 0.383 e. The third-order valence-electron chi connectivity index (χ3n) is 4.09. The Kier molecular flexibility index (Phi) is 7.14. The monoisotopic (exact) mass is 335 g/mol. The molecule has 2 amide bonds. The molecule has 0 radical (unpaired) electrons. The molecule has 1 aliphatic rings. The maximum absolute atomic E-state index is 12.7. The predicted octanol–water partition coefficient (Wildman–Crippen LogP) is 0.552. The third kappa shape index (κ3) is 5.01. The smallest absolute Gasteiger partial charge is 0.228 e. The van der Waals surface area contributed by atoms with Crippen molar-refractivity contribution in [2.45, 2.75) is 13.0 Å². The van der Waals surface area contributed by atoms with Crippen LogP contribution in [0.3, 0.4) is 0 Å². The average molecular weight is 335 g/mol. The minimum Gasteiger partial charge on any atom is -0.383 e. The number of pyridine rings is 1. The van der Waals surface area contributed by atoms with Gasteiger partial charge >= 0.3 is 0 Å². The van der Waals surface area contributed by atoms with Crippen LogP contribution in [-0.4, -0.2) is 73.7 Å². The normalized spacial score (nSPS) is 17.3. The van der Waals surface area contributed by atoms with Crippen LogP contribution in [-0.2, 0) is 25.6 Å². The van der Waals surface area contributed by atoms with Crippen molar-refractivity contribution in [3.63, 3.8) is 0 Å². The summed E-state index contributed by atoms with van der Waals surface area (Å²) < 4.78 is 10.1. The molecule has 0 N–H and O–H groups in total. The van der Waals surface area contributed by atoms with Gasteiger partial charge in [0.15, 0.2) is 0 Å². The van der Waals surface area contributed by atoms with Crippen LogP contribution in [0.4, 0.5) is 0 Å². The molecule has 0 aliphatic carbocycles. The second kappa shape index (κ2) is 9.34. The van der Waals surface area contributed by atoms with E-state index in [1.54, 1.807) is 30.2 Å². The minimum absolute atomic E-state index is 0.00237. The molecule has 24 heavy (non-hydrogen) atoms.